The maximum atomic E-state index is 12.6. The Morgan fingerprint density at radius 2 is 1.83 bits per heavy atom. The number of nitrogens with two attached hydrogens (primary N) is 1. The quantitative estimate of drug-likeness (QED) is 0.303. The van der Waals surface area contributed by atoms with Gasteiger partial charge in [0.05, 0.1) is 0 Å². The molecule has 0 aromatic heterocycles. The molecule has 5 nitrogen and oxygen atoms in total. The van der Waals surface area contributed by atoms with Crippen molar-refractivity contribution in [1.82, 2.24) is 4.90 Å². The van der Waals surface area contributed by atoms with Crippen molar-refractivity contribution in [3.05, 3.63) is 0 Å². The lowest BCUT2D eigenvalue weighted by Crippen LogP contribution is -2.51. The molecule has 0 aliphatic rings. The van der Waals surface area contributed by atoms with Gasteiger partial charge in [-0.15, -0.1) is 0 Å². The Morgan fingerprint density at radius 1 is 1.28 bits per heavy atom. The molecular formula is C13H27N3O2. The molecule has 18 heavy (non-hydrogen) atoms. The Bertz CT molecular complexity index is 286. The third-order valence-electron chi connectivity index (χ3n) is 3.67. The van der Waals surface area contributed by atoms with Gasteiger partial charge in [0.2, 0.25) is 5.91 Å². The highest BCUT2D eigenvalue weighted by Gasteiger charge is 2.41. The molecule has 5 heteroatoms. The van der Waals surface area contributed by atoms with Gasteiger partial charge in [0, 0.05) is 13.1 Å². The summed E-state index contributed by atoms with van der Waals surface area (Å²) in [6, 6.07) is 0. The van der Waals surface area contributed by atoms with Crippen LogP contribution in [0.5, 0.6) is 0 Å². The van der Waals surface area contributed by atoms with Crippen LogP contribution in [0.2, 0.25) is 0 Å². The number of hydrogen-bond donors (Lipinski definition) is 2. The molecule has 0 spiro atoms. The number of oxime groups is 1. The van der Waals surface area contributed by atoms with Gasteiger partial charge in [-0.2, -0.15) is 0 Å². The summed E-state index contributed by atoms with van der Waals surface area (Å²) >= 11 is 0. The molecule has 0 aliphatic carbocycles. The van der Waals surface area contributed by atoms with Crippen LogP contribution in [0.15, 0.2) is 5.16 Å². The second-order valence-corrected chi connectivity index (χ2v) is 4.51. The Kier molecular flexibility index (Phi) is 7.39. The highest BCUT2D eigenvalue weighted by Crippen LogP contribution is 2.29. The minimum atomic E-state index is -0.863. The first-order valence-corrected chi connectivity index (χ1v) is 6.81. The Balaban J connectivity index is 5.17. The fourth-order valence-electron chi connectivity index (χ4n) is 2.17. The lowest BCUT2D eigenvalue weighted by molar-refractivity contribution is -0.138. The summed E-state index contributed by atoms with van der Waals surface area (Å²) in [7, 11) is 0. The van der Waals surface area contributed by atoms with Crippen LogP contribution in [0.1, 0.15) is 53.4 Å². The van der Waals surface area contributed by atoms with Crippen molar-refractivity contribution in [2.75, 3.05) is 13.1 Å². The van der Waals surface area contributed by atoms with E-state index in [0.717, 1.165) is 19.4 Å². The van der Waals surface area contributed by atoms with Crippen LogP contribution < -0.4 is 5.73 Å². The van der Waals surface area contributed by atoms with Crippen LogP contribution in [0.25, 0.3) is 0 Å². The van der Waals surface area contributed by atoms with Gasteiger partial charge < -0.3 is 15.8 Å². The summed E-state index contributed by atoms with van der Waals surface area (Å²) in [5.41, 5.74) is 4.89. The molecule has 0 unspecified atom stereocenters. The summed E-state index contributed by atoms with van der Waals surface area (Å²) < 4.78 is 0. The van der Waals surface area contributed by atoms with Crippen molar-refractivity contribution >= 4 is 11.7 Å². The smallest absolute Gasteiger partial charge is 0.236 e. The SMILES string of the molecule is CCCCN(CC)C(=O)C(CC)(CC)C(N)=NO. The number of unbranched alkanes of at least 4 members (excludes halogenated alkanes) is 1. The van der Waals surface area contributed by atoms with E-state index in [0.29, 0.717) is 19.4 Å². The number of rotatable bonds is 8. The number of amides is 1. The summed E-state index contributed by atoms with van der Waals surface area (Å²) in [6.07, 6.45) is 3.10. The fraction of sp³-hybridized carbons (Fsp3) is 0.846. The van der Waals surface area contributed by atoms with Gasteiger partial charge in [-0.1, -0.05) is 32.3 Å². The molecule has 0 heterocycles. The molecular weight excluding hydrogens is 230 g/mol. The lowest BCUT2D eigenvalue weighted by atomic mass is 9.79. The molecule has 0 saturated carbocycles. The standard InChI is InChI=1S/C13H27N3O2/c1-5-9-10-16(8-4)12(17)13(6-2,7-3)11(14)15-18/h18H,5-10H2,1-4H3,(H2,14,15). The zero-order valence-electron chi connectivity index (χ0n) is 12.1. The Labute approximate surface area is 110 Å². The molecule has 0 atom stereocenters. The van der Waals surface area contributed by atoms with E-state index < -0.39 is 5.41 Å². The molecule has 0 aromatic rings. The topological polar surface area (TPSA) is 78.9 Å². The summed E-state index contributed by atoms with van der Waals surface area (Å²) in [4.78, 5) is 14.4. The van der Waals surface area contributed by atoms with Crippen molar-refractivity contribution in [3.63, 3.8) is 0 Å². The van der Waals surface area contributed by atoms with Gasteiger partial charge in [0.15, 0.2) is 5.84 Å². The average molecular weight is 257 g/mol. The van der Waals surface area contributed by atoms with Crippen LogP contribution in [0.3, 0.4) is 0 Å². The van der Waals surface area contributed by atoms with E-state index in [1.165, 1.54) is 0 Å². The summed E-state index contributed by atoms with van der Waals surface area (Å²) in [5, 5.41) is 12.0. The number of carbonyl (C=O) groups excluding carboxylic acids is 1. The third-order valence-corrected chi connectivity index (χ3v) is 3.67. The van der Waals surface area contributed by atoms with Gasteiger partial charge in [-0.05, 0) is 26.2 Å². The van der Waals surface area contributed by atoms with E-state index >= 15 is 0 Å². The molecule has 106 valence electrons. The second-order valence-electron chi connectivity index (χ2n) is 4.51. The van der Waals surface area contributed by atoms with Crippen LogP contribution >= 0.6 is 0 Å². The summed E-state index contributed by atoms with van der Waals surface area (Å²) in [5.74, 6) is -0.00815. The van der Waals surface area contributed by atoms with Crippen molar-refractivity contribution in [3.8, 4) is 0 Å². The molecule has 1 amide bonds. The fourth-order valence-corrected chi connectivity index (χ4v) is 2.17. The largest absolute Gasteiger partial charge is 0.409 e. The number of hydrogen-bond acceptors (Lipinski definition) is 3. The Hall–Kier alpha value is -1.26. The van der Waals surface area contributed by atoms with E-state index in [1.807, 2.05) is 20.8 Å². The van der Waals surface area contributed by atoms with Crippen LogP contribution in [0.4, 0.5) is 0 Å². The van der Waals surface area contributed by atoms with E-state index in [-0.39, 0.29) is 11.7 Å². The van der Waals surface area contributed by atoms with Crippen molar-refractivity contribution in [2.24, 2.45) is 16.3 Å². The highest BCUT2D eigenvalue weighted by atomic mass is 16.4. The monoisotopic (exact) mass is 257 g/mol. The molecule has 0 radical (unpaired) electrons. The van der Waals surface area contributed by atoms with Gasteiger partial charge in [0.25, 0.3) is 0 Å². The zero-order valence-corrected chi connectivity index (χ0v) is 12.1. The second kappa shape index (κ2) is 7.95. The van der Waals surface area contributed by atoms with Crippen LogP contribution in [0, 0.1) is 5.41 Å². The van der Waals surface area contributed by atoms with Crippen molar-refractivity contribution < 1.29 is 10.0 Å². The normalized spacial score (nSPS) is 12.6. The molecule has 3 N–H and O–H groups in total. The Morgan fingerprint density at radius 3 is 2.17 bits per heavy atom. The first-order valence-electron chi connectivity index (χ1n) is 6.81. The van der Waals surface area contributed by atoms with Gasteiger partial charge in [0.1, 0.15) is 5.41 Å². The number of carbonyl (C=O) groups is 1. The van der Waals surface area contributed by atoms with Crippen molar-refractivity contribution in [2.45, 2.75) is 53.4 Å². The van der Waals surface area contributed by atoms with Gasteiger partial charge in [-0.25, -0.2) is 0 Å². The highest BCUT2D eigenvalue weighted by molar-refractivity contribution is 6.06. The first kappa shape index (κ1) is 16.7. The minimum absolute atomic E-state index is 0.0208. The lowest BCUT2D eigenvalue weighted by Gasteiger charge is -2.34. The third kappa shape index (κ3) is 3.37. The van der Waals surface area contributed by atoms with Crippen molar-refractivity contribution in [1.29, 1.82) is 0 Å². The number of amidine groups is 1. The molecule has 0 saturated heterocycles. The maximum absolute atomic E-state index is 12.6. The van der Waals surface area contributed by atoms with Gasteiger partial charge >= 0.3 is 0 Å². The van der Waals surface area contributed by atoms with Crippen LogP contribution in [-0.2, 0) is 4.79 Å². The van der Waals surface area contributed by atoms with E-state index in [1.54, 1.807) is 4.90 Å². The van der Waals surface area contributed by atoms with E-state index in [4.69, 9.17) is 10.9 Å². The molecule has 0 bridgehead atoms. The van der Waals surface area contributed by atoms with E-state index in [9.17, 15) is 4.79 Å². The van der Waals surface area contributed by atoms with E-state index in [2.05, 4.69) is 12.1 Å². The summed E-state index contributed by atoms with van der Waals surface area (Å²) in [6.45, 7) is 9.22. The molecule has 0 aliphatic heterocycles. The number of nitrogens with zero attached hydrogens (tertiary/aromatic N) is 2. The molecule has 0 aromatic carbocycles. The zero-order chi connectivity index (χ0) is 14.2. The predicted octanol–water partition coefficient (Wildman–Crippen LogP) is 2.19. The first-order chi connectivity index (χ1) is 8.53. The minimum Gasteiger partial charge on any atom is -0.409 e. The molecule has 0 fully saturated rings. The van der Waals surface area contributed by atoms with Crippen LogP contribution in [-0.4, -0.2) is 34.9 Å². The molecule has 0 rings (SSSR count). The maximum Gasteiger partial charge on any atom is 0.236 e. The average Bonchev–Trinajstić information content (AvgIpc) is 2.41. The van der Waals surface area contributed by atoms with Gasteiger partial charge in [-0.3, -0.25) is 4.79 Å². The predicted molar refractivity (Wildman–Crippen MR) is 73.6 cm³/mol.